The van der Waals surface area contributed by atoms with E-state index in [1.54, 1.807) is 21.1 Å². The number of likely N-dealkylation sites (N-methyl/N-ethyl adjacent to an activating group) is 1. The van der Waals surface area contributed by atoms with Crippen LogP contribution in [0.4, 0.5) is 0 Å². The Morgan fingerprint density at radius 3 is 1.33 bits per heavy atom. The molecule has 2 atom stereocenters. The van der Waals surface area contributed by atoms with Gasteiger partial charge in [0.25, 0.3) is 0 Å². The number of esters is 2. The molecule has 0 saturated heterocycles. The van der Waals surface area contributed by atoms with Gasteiger partial charge in [-0.05, 0) is 38.5 Å². The molecule has 0 aliphatic heterocycles. The molecule has 0 radical (unpaired) electrons. The highest BCUT2D eigenvalue weighted by atomic mass is 16.6. The molecule has 0 bridgehead atoms. The molecule has 0 aliphatic carbocycles. The summed E-state index contributed by atoms with van der Waals surface area (Å²) in [5, 5.41) is 11.6. The summed E-state index contributed by atoms with van der Waals surface area (Å²) in [4.78, 5) is 36.7. The number of allylic oxidation sites excluding steroid dienone is 2. The van der Waals surface area contributed by atoms with Crippen molar-refractivity contribution in [3.8, 4) is 0 Å². The number of carbonyl (C=O) groups excluding carboxylic acids is 3. The molecule has 0 N–H and O–H groups in total. The first kappa shape index (κ1) is 52.1. The second kappa shape index (κ2) is 38.0. The van der Waals surface area contributed by atoms with Crippen molar-refractivity contribution in [1.29, 1.82) is 0 Å². The lowest BCUT2D eigenvalue weighted by Crippen LogP contribution is -2.55. The van der Waals surface area contributed by atoms with E-state index in [0.717, 1.165) is 38.5 Å². The Morgan fingerprint density at radius 1 is 0.537 bits per heavy atom. The van der Waals surface area contributed by atoms with Gasteiger partial charge < -0.3 is 28.6 Å². The van der Waals surface area contributed by atoms with E-state index in [1.807, 2.05) is 0 Å². The molecule has 0 amide bonds. The monoisotopic (exact) mass is 766 g/mol. The van der Waals surface area contributed by atoms with Crippen LogP contribution >= 0.6 is 0 Å². The molecule has 54 heavy (non-hydrogen) atoms. The predicted octanol–water partition coefficient (Wildman–Crippen LogP) is 11.0. The van der Waals surface area contributed by atoms with Gasteiger partial charge in [-0.2, -0.15) is 0 Å². The van der Waals surface area contributed by atoms with Crippen LogP contribution in [-0.4, -0.2) is 75.5 Å². The zero-order chi connectivity index (χ0) is 40.0. The number of carboxylic acid groups (broad SMARTS) is 1. The third-order valence-corrected chi connectivity index (χ3v) is 10.4. The van der Waals surface area contributed by atoms with Crippen molar-refractivity contribution in [2.75, 3.05) is 41.0 Å². The van der Waals surface area contributed by atoms with E-state index < -0.39 is 18.1 Å². The molecule has 0 aromatic heterocycles. The maximum atomic E-state index is 12.7. The number of aliphatic carboxylic acids is 1. The highest BCUT2D eigenvalue weighted by Crippen LogP contribution is 2.15. The Balaban J connectivity index is 4.17. The van der Waals surface area contributed by atoms with Crippen LogP contribution in [0.25, 0.3) is 0 Å². The molecule has 0 aliphatic rings. The summed E-state index contributed by atoms with van der Waals surface area (Å²) in [5.41, 5.74) is 0. The molecule has 8 heteroatoms. The van der Waals surface area contributed by atoms with Gasteiger partial charge in [-0.25, -0.2) is 0 Å². The molecule has 318 valence electrons. The predicted molar refractivity (Wildman–Crippen MR) is 222 cm³/mol. The number of carbonyl (C=O) groups is 3. The Morgan fingerprint density at radius 2 is 0.926 bits per heavy atom. The largest absolute Gasteiger partial charge is 0.544 e. The van der Waals surface area contributed by atoms with E-state index in [2.05, 4.69) is 26.0 Å². The number of nitrogens with zero attached hydrogens (tertiary/aromatic N) is 1. The van der Waals surface area contributed by atoms with E-state index in [-0.39, 0.29) is 42.7 Å². The van der Waals surface area contributed by atoms with Gasteiger partial charge in [0, 0.05) is 19.3 Å². The van der Waals surface area contributed by atoms with Crippen molar-refractivity contribution in [3.05, 3.63) is 12.2 Å². The summed E-state index contributed by atoms with van der Waals surface area (Å²) in [6.07, 6.45) is 39.7. The fourth-order valence-electron chi connectivity index (χ4n) is 6.83. The van der Waals surface area contributed by atoms with Crippen molar-refractivity contribution >= 4 is 17.9 Å². The van der Waals surface area contributed by atoms with Crippen LogP contribution in [-0.2, 0) is 28.6 Å². The number of hydrogen-bond donors (Lipinski definition) is 0. The van der Waals surface area contributed by atoms with Gasteiger partial charge in [-0.15, -0.1) is 0 Å². The minimum Gasteiger partial charge on any atom is -0.544 e. The standard InChI is InChI=1S/C46H87NO7/c1-6-8-10-12-14-16-17-18-19-20-21-22-23-24-25-26-27-28-29-31-33-35-37-45(49)54-42(40-52-39-38-43(46(50)51)47(3,4)5)41-53-44(48)36-34-32-30-15-13-11-9-7-2/h23-24,42-43H,6-22,25-41H2,1-5H3/b24-23+. The summed E-state index contributed by atoms with van der Waals surface area (Å²) < 4.78 is 17.1. The maximum absolute atomic E-state index is 12.7. The Labute approximate surface area is 333 Å². The van der Waals surface area contributed by atoms with Crippen LogP contribution in [0.1, 0.15) is 213 Å². The molecule has 0 fully saturated rings. The first-order valence-electron chi connectivity index (χ1n) is 22.7. The van der Waals surface area contributed by atoms with Gasteiger partial charge in [0.1, 0.15) is 12.6 Å². The number of ether oxygens (including phenoxy) is 3. The fourth-order valence-corrected chi connectivity index (χ4v) is 6.83. The minimum atomic E-state index is -1.12. The Bertz CT molecular complexity index is 900. The summed E-state index contributed by atoms with van der Waals surface area (Å²) >= 11 is 0. The highest BCUT2D eigenvalue weighted by Gasteiger charge is 2.25. The first-order chi connectivity index (χ1) is 26.1. The summed E-state index contributed by atoms with van der Waals surface area (Å²) in [7, 11) is 5.41. The average Bonchev–Trinajstić information content (AvgIpc) is 3.12. The summed E-state index contributed by atoms with van der Waals surface area (Å²) in [5.74, 6) is -1.73. The van der Waals surface area contributed by atoms with E-state index in [4.69, 9.17) is 14.2 Å². The molecular formula is C46H87NO7. The quantitative estimate of drug-likeness (QED) is 0.0264. The minimum absolute atomic E-state index is 0.0439. The average molecular weight is 766 g/mol. The van der Waals surface area contributed by atoms with Gasteiger partial charge in [-0.3, -0.25) is 9.59 Å². The van der Waals surface area contributed by atoms with Crippen molar-refractivity contribution < 1.29 is 38.2 Å². The van der Waals surface area contributed by atoms with Gasteiger partial charge >= 0.3 is 11.9 Å². The molecule has 8 nitrogen and oxygen atoms in total. The number of carboxylic acids is 1. The fraction of sp³-hybridized carbons (Fsp3) is 0.891. The highest BCUT2D eigenvalue weighted by molar-refractivity contribution is 5.70. The zero-order valence-corrected chi connectivity index (χ0v) is 36.2. The second-order valence-electron chi connectivity index (χ2n) is 16.6. The normalized spacial score (nSPS) is 13.0. The second-order valence-corrected chi connectivity index (χ2v) is 16.6. The summed E-state index contributed by atoms with van der Waals surface area (Å²) in [6, 6.07) is -0.721. The topological polar surface area (TPSA) is 102 Å². The van der Waals surface area contributed by atoms with E-state index in [0.29, 0.717) is 12.8 Å². The third kappa shape index (κ3) is 35.8. The first-order valence-corrected chi connectivity index (χ1v) is 22.7. The molecule has 0 aromatic carbocycles. The number of unbranched alkanes of at least 4 members (excludes halogenated alkanes) is 25. The van der Waals surface area contributed by atoms with Crippen LogP contribution in [0, 0.1) is 0 Å². The Kier molecular flexibility index (Phi) is 36.6. The molecular weight excluding hydrogens is 679 g/mol. The molecule has 0 rings (SSSR count). The van der Waals surface area contributed by atoms with Crippen LogP contribution in [0.3, 0.4) is 0 Å². The van der Waals surface area contributed by atoms with Crippen molar-refractivity contribution in [3.63, 3.8) is 0 Å². The lowest BCUT2D eigenvalue weighted by molar-refractivity contribution is -0.889. The van der Waals surface area contributed by atoms with Crippen LogP contribution in [0.15, 0.2) is 12.2 Å². The number of rotatable bonds is 41. The van der Waals surface area contributed by atoms with Crippen LogP contribution in [0.2, 0.25) is 0 Å². The molecule has 2 unspecified atom stereocenters. The van der Waals surface area contributed by atoms with Gasteiger partial charge in [0.15, 0.2) is 6.10 Å². The zero-order valence-electron chi connectivity index (χ0n) is 36.2. The van der Waals surface area contributed by atoms with Crippen molar-refractivity contribution in [2.24, 2.45) is 0 Å². The SMILES string of the molecule is CCCCCCCCCCCCC/C=C/CCCCCCCCCC(=O)OC(COCCC(C(=O)[O-])[N+](C)(C)C)COC(=O)CCCCCCCCCC. The Hall–Kier alpha value is -1.93. The maximum Gasteiger partial charge on any atom is 0.306 e. The molecule has 0 saturated carbocycles. The van der Waals surface area contributed by atoms with Gasteiger partial charge in [0.2, 0.25) is 0 Å². The molecule has 0 spiro atoms. The van der Waals surface area contributed by atoms with Crippen LogP contribution in [0.5, 0.6) is 0 Å². The third-order valence-electron chi connectivity index (χ3n) is 10.4. The van der Waals surface area contributed by atoms with E-state index >= 15 is 0 Å². The van der Waals surface area contributed by atoms with Crippen molar-refractivity contribution in [2.45, 2.75) is 225 Å². The van der Waals surface area contributed by atoms with Gasteiger partial charge in [-0.1, -0.05) is 167 Å². The smallest absolute Gasteiger partial charge is 0.306 e. The van der Waals surface area contributed by atoms with Crippen molar-refractivity contribution in [1.82, 2.24) is 0 Å². The van der Waals surface area contributed by atoms with E-state index in [1.165, 1.54) is 141 Å². The lowest BCUT2D eigenvalue weighted by atomic mass is 10.0. The molecule has 0 aromatic rings. The summed E-state index contributed by atoms with van der Waals surface area (Å²) in [6.45, 7) is 4.65. The van der Waals surface area contributed by atoms with Gasteiger partial charge in [0.05, 0.1) is 40.3 Å². The lowest BCUT2D eigenvalue weighted by Gasteiger charge is -2.34. The molecule has 0 heterocycles. The van der Waals surface area contributed by atoms with E-state index in [9.17, 15) is 19.5 Å². The number of hydrogen-bond acceptors (Lipinski definition) is 7. The number of quaternary nitrogens is 1. The van der Waals surface area contributed by atoms with Crippen LogP contribution < -0.4 is 5.11 Å².